The lowest BCUT2D eigenvalue weighted by atomic mass is 10.1. The van der Waals surface area contributed by atoms with Crippen LogP contribution in [0.15, 0.2) is 11.2 Å². The molecule has 1 aromatic heterocycles. The van der Waals surface area contributed by atoms with E-state index in [0.29, 0.717) is 18.4 Å². The Kier molecular flexibility index (Phi) is 7.65. The van der Waals surface area contributed by atoms with Gasteiger partial charge in [-0.1, -0.05) is 0 Å². The number of nitrogens with zero attached hydrogens (tertiary/aromatic N) is 3. The predicted molar refractivity (Wildman–Crippen MR) is 93.7 cm³/mol. The lowest BCUT2D eigenvalue weighted by molar-refractivity contribution is -0.132. The van der Waals surface area contributed by atoms with Crippen LogP contribution in [0.4, 0.5) is 0 Å². The number of likely N-dealkylation sites (tertiary alicyclic amines) is 1. The highest BCUT2D eigenvalue weighted by Gasteiger charge is 2.23. The number of aromatic nitrogens is 2. The summed E-state index contributed by atoms with van der Waals surface area (Å²) < 4.78 is 28.4. The number of nitrogens with one attached hydrogen (secondary N) is 2. The van der Waals surface area contributed by atoms with Crippen molar-refractivity contribution in [1.29, 1.82) is 0 Å². The van der Waals surface area contributed by atoms with E-state index < -0.39 is 10.0 Å². The predicted octanol–water partition coefficient (Wildman–Crippen LogP) is 0.0291. The minimum Gasteiger partial charge on any atom is -0.341 e. The molecule has 10 heteroatoms. The Morgan fingerprint density at radius 3 is 2.75 bits per heavy atom. The van der Waals surface area contributed by atoms with Crippen LogP contribution in [0.3, 0.4) is 0 Å². The molecule has 1 unspecified atom stereocenters. The van der Waals surface area contributed by atoms with Crippen molar-refractivity contribution in [2.45, 2.75) is 37.3 Å². The molecule has 1 aliphatic heterocycles. The third kappa shape index (κ3) is 5.17. The largest absolute Gasteiger partial charge is 0.341 e. The van der Waals surface area contributed by atoms with Gasteiger partial charge in [-0.05, 0) is 26.8 Å². The second-order valence-electron chi connectivity index (χ2n) is 5.85. The SMILES string of the molecule is CNC1CCCN(C(=O)CCNS(=O)(=O)c2cn(C)c(C)n2)C1.Cl. The molecule has 1 aromatic rings. The first kappa shape index (κ1) is 20.9. The zero-order chi connectivity index (χ0) is 17.0. The number of rotatable bonds is 6. The third-order valence-corrected chi connectivity index (χ3v) is 5.51. The maximum atomic E-state index is 12.2. The second-order valence-corrected chi connectivity index (χ2v) is 7.57. The van der Waals surface area contributed by atoms with Crippen LogP contribution < -0.4 is 10.0 Å². The van der Waals surface area contributed by atoms with Crippen LogP contribution in [-0.4, -0.2) is 61.5 Å². The summed E-state index contributed by atoms with van der Waals surface area (Å²) in [6.45, 7) is 3.24. The van der Waals surface area contributed by atoms with Gasteiger partial charge in [0, 0.05) is 45.3 Å². The molecule has 2 heterocycles. The van der Waals surface area contributed by atoms with Gasteiger partial charge in [-0.15, -0.1) is 12.4 Å². The Morgan fingerprint density at radius 1 is 1.46 bits per heavy atom. The number of aryl methyl sites for hydroxylation is 2. The minimum atomic E-state index is -3.67. The normalized spacial score (nSPS) is 18.3. The van der Waals surface area contributed by atoms with E-state index in [1.165, 1.54) is 6.20 Å². The van der Waals surface area contributed by atoms with Gasteiger partial charge in [0.2, 0.25) is 5.91 Å². The maximum absolute atomic E-state index is 12.2. The fourth-order valence-corrected chi connectivity index (χ4v) is 3.69. The topological polar surface area (TPSA) is 96.3 Å². The summed E-state index contributed by atoms with van der Waals surface area (Å²) in [5, 5.41) is 3.17. The lowest BCUT2D eigenvalue weighted by Gasteiger charge is -2.32. The van der Waals surface area contributed by atoms with E-state index in [0.717, 1.165) is 19.4 Å². The third-order valence-electron chi connectivity index (χ3n) is 4.18. The number of imidazole rings is 1. The van der Waals surface area contributed by atoms with Gasteiger partial charge in [-0.3, -0.25) is 4.79 Å². The minimum absolute atomic E-state index is 0. The number of halogens is 1. The van der Waals surface area contributed by atoms with Gasteiger partial charge in [0.05, 0.1) is 0 Å². The van der Waals surface area contributed by atoms with Crippen molar-refractivity contribution in [2.24, 2.45) is 7.05 Å². The average Bonchev–Trinajstić information content (AvgIpc) is 2.87. The molecule has 1 aliphatic rings. The zero-order valence-corrected chi connectivity index (χ0v) is 15.9. The van der Waals surface area contributed by atoms with Crippen LogP contribution in [0, 0.1) is 6.92 Å². The van der Waals surface area contributed by atoms with Crippen LogP contribution >= 0.6 is 12.4 Å². The summed E-state index contributed by atoms with van der Waals surface area (Å²) in [5.41, 5.74) is 0. The van der Waals surface area contributed by atoms with E-state index in [2.05, 4.69) is 15.0 Å². The molecule has 2 rings (SSSR count). The Labute approximate surface area is 149 Å². The molecular weight excluding hydrogens is 354 g/mol. The van der Waals surface area contributed by atoms with Crippen molar-refractivity contribution in [3.63, 3.8) is 0 Å². The number of piperidine rings is 1. The van der Waals surface area contributed by atoms with Crippen LogP contribution in [0.25, 0.3) is 0 Å². The highest BCUT2D eigenvalue weighted by Crippen LogP contribution is 2.11. The molecule has 0 radical (unpaired) electrons. The molecule has 24 heavy (non-hydrogen) atoms. The number of carbonyl (C=O) groups is 1. The molecule has 1 amide bonds. The highest BCUT2D eigenvalue weighted by atomic mass is 35.5. The molecule has 0 spiro atoms. The van der Waals surface area contributed by atoms with Crippen LogP contribution in [0.2, 0.25) is 0 Å². The smallest absolute Gasteiger partial charge is 0.259 e. The molecule has 0 aromatic carbocycles. The zero-order valence-electron chi connectivity index (χ0n) is 14.3. The van der Waals surface area contributed by atoms with Crippen molar-refractivity contribution in [1.82, 2.24) is 24.5 Å². The fraction of sp³-hybridized carbons (Fsp3) is 0.714. The van der Waals surface area contributed by atoms with Gasteiger partial charge >= 0.3 is 0 Å². The average molecular weight is 380 g/mol. The second kappa shape index (κ2) is 8.80. The van der Waals surface area contributed by atoms with E-state index >= 15 is 0 Å². The molecule has 8 nitrogen and oxygen atoms in total. The van der Waals surface area contributed by atoms with Crippen LogP contribution in [0.5, 0.6) is 0 Å². The number of carbonyl (C=O) groups excluding carboxylic acids is 1. The summed E-state index contributed by atoms with van der Waals surface area (Å²) in [6, 6.07) is 0.320. The van der Waals surface area contributed by atoms with Gasteiger partial charge in [0.1, 0.15) is 5.82 Å². The fourth-order valence-electron chi connectivity index (χ4n) is 2.62. The van der Waals surface area contributed by atoms with E-state index in [1.807, 2.05) is 7.05 Å². The van der Waals surface area contributed by atoms with E-state index in [9.17, 15) is 13.2 Å². The van der Waals surface area contributed by atoms with Crippen molar-refractivity contribution < 1.29 is 13.2 Å². The first-order valence-corrected chi connectivity index (χ1v) is 9.26. The van der Waals surface area contributed by atoms with Gasteiger partial charge in [-0.25, -0.2) is 18.1 Å². The van der Waals surface area contributed by atoms with Gasteiger partial charge < -0.3 is 14.8 Å². The number of hydrogen-bond acceptors (Lipinski definition) is 5. The standard InChI is InChI=1S/C14H25N5O3S.ClH/c1-11-17-13(10-18(11)3)23(21,22)16-7-6-14(20)19-8-4-5-12(9-19)15-2;/h10,12,15-16H,4-9H2,1-3H3;1H. The summed E-state index contributed by atoms with van der Waals surface area (Å²) in [4.78, 5) is 18.0. The first-order valence-electron chi connectivity index (χ1n) is 7.78. The van der Waals surface area contributed by atoms with E-state index in [-0.39, 0.29) is 36.3 Å². The van der Waals surface area contributed by atoms with Crippen molar-refractivity contribution in [3.05, 3.63) is 12.0 Å². The number of likely N-dealkylation sites (N-methyl/N-ethyl adjacent to an activating group) is 1. The Bertz CT molecular complexity index is 642. The van der Waals surface area contributed by atoms with Crippen molar-refractivity contribution in [2.75, 3.05) is 26.7 Å². The molecular formula is C14H26ClN5O3S. The molecule has 0 bridgehead atoms. The summed E-state index contributed by atoms with van der Waals surface area (Å²) in [5.74, 6) is 0.595. The molecule has 1 saturated heterocycles. The monoisotopic (exact) mass is 379 g/mol. The summed E-state index contributed by atoms with van der Waals surface area (Å²) >= 11 is 0. The summed E-state index contributed by atoms with van der Waals surface area (Å²) in [7, 11) is -0.0428. The Balaban J connectivity index is 0.00000288. The molecule has 0 saturated carbocycles. The molecule has 138 valence electrons. The molecule has 1 fully saturated rings. The number of amides is 1. The number of hydrogen-bond donors (Lipinski definition) is 2. The first-order chi connectivity index (χ1) is 10.8. The van der Waals surface area contributed by atoms with Crippen LogP contribution in [-0.2, 0) is 21.9 Å². The lowest BCUT2D eigenvalue weighted by Crippen LogP contribution is -2.47. The number of sulfonamides is 1. The Morgan fingerprint density at radius 2 is 2.17 bits per heavy atom. The molecule has 0 aliphatic carbocycles. The van der Waals surface area contributed by atoms with E-state index in [4.69, 9.17) is 0 Å². The Hall–Kier alpha value is -1.16. The molecule has 1 atom stereocenters. The summed E-state index contributed by atoms with van der Waals surface area (Å²) in [6.07, 6.45) is 3.64. The van der Waals surface area contributed by atoms with Crippen molar-refractivity contribution >= 4 is 28.3 Å². The quantitative estimate of drug-likeness (QED) is 0.726. The van der Waals surface area contributed by atoms with Gasteiger partial charge in [0.25, 0.3) is 10.0 Å². The van der Waals surface area contributed by atoms with E-state index in [1.54, 1.807) is 23.4 Å². The maximum Gasteiger partial charge on any atom is 0.259 e. The molecule has 2 N–H and O–H groups in total. The van der Waals surface area contributed by atoms with Crippen LogP contribution in [0.1, 0.15) is 25.1 Å². The van der Waals surface area contributed by atoms with Gasteiger partial charge in [-0.2, -0.15) is 0 Å². The van der Waals surface area contributed by atoms with Crippen molar-refractivity contribution in [3.8, 4) is 0 Å². The highest BCUT2D eigenvalue weighted by molar-refractivity contribution is 7.89. The van der Waals surface area contributed by atoms with Gasteiger partial charge in [0.15, 0.2) is 5.03 Å².